The SMILES string of the molecule is CCc1ccc(OCC(=O)NNC(=O)c2ccccc2OCc2ccccc2)cc1. The van der Waals surface area contributed by atoms with Crippen LogP contribution in [0.1, 0.15) is 28.4 Å². The standard InChI is InChI=1S/C24H24N2O4/c1-2-18-12-14-20(15-13-18)29-17-23(27)25-26-24(28)21-10-6-7-11-22(21)30-16-19-8-4-3-5-9-19/h3-15H,2,16-17H2,1H3,(H,25,27)(H,26,28). The summed E-state index contributed by atoms with van der Waals surface area (Å²) in [4.78, 5) is 24.5. The fourth-order valence-electron chi connectivity index (χ4n) is 2.72. The molecule has 0 fully saturated rings. The molecule has 0 saturated heterocycles. The fourth-order valence-corrected chi connectivity index (χ4v) is 2.72. The fraction of sp³-hybridized carbons (Fsp3) is 0.167. The van der Waals surface area contributed by atoms with Crippen molar-refractivity contribution in [1.82, 2.24) is 10.9 Å². The van der Waals surface area contributed by atoms with Crippen LogP contribution < -0.4 is 20.3 Å². The van der Waals surface area contributed by atoms with Crippen LogP contribution in [-0.4, -0.2) is 18.4 Å². The van der Waals surface area contributed by atoms with Crippen molar-refractivity contribution in [1.29, 1.82) is 0 Å². The highest BCUT2D eigenvalue weighted by Crippen LogP contribution is 2.19. The molecule has 0 unspecified atom stereocenters. The number of hydrazine groups is 1. The molecule has 0 aliphatic rings. The summed E-state index contributed by atoms with van der Waals surface area (Å²) in [5.41, 5.74) is 7.25. The van der Waals surface area contributed by atoms with Gasteiger partial charge in [-0.25, -0.2) is 0 Å². The quantitative estimate of drug-likeness (QED) is 0.562. The van der Waals surface area contributed by atoms with Gasteiger partial charge in [-0.15, -0.1) is 0 Å². The number of hydrogen-bond donors (Lipinski definition) is 2. The van der Waals surface area contributed by atoms with Gasteiger partial charge in [-0.3, -0.25) is 20.4 Å². The second-order valence-electron chi connectivity index (χ2n) is 6.56. The van der Waals surface area contributed by atoms with Gasteiger partial charge in [0.2, 0.25) is 0 Å². The first-order valence-electron chi connectivity index (χ1n) is 9.72. The Labute approximate surface area is 175 Å². The van der Waals surface area contributed by atoms with Crippen LogP contribution >= 0.6 is 0 Å². The van der Waals surface area contributed by atoms with E-state index in [0.29, 0.717) is 23.7 Å². The van der Waals surface area contributed by atoms with Gasteiger partial charge in [0, 0.05) is 0 Å². The zero-order chi connectivity index (χ0) is 21.2. The van der Waals surface area contributed by atoms with E-state index in [1.54, 1.807) is 24.3 Å². The highest BCUT2D eigenvalue weighted by Gasteiger charge is 2.13. The minimum atomic E-state index is -0.473. The number of benzene rings is 3. The maximum atomic E-state index is 12.5. The number of carbonyl (C=O) groups is 2. The Morgan fingerprint density at radius 3 is 2.20 bits per heavy atom. The molecule has 154 valence electrons. The van der Waals surface area contributed by atoms with Crippen molar-refractivity contribution in [2.45, 2.75) is 20.0 Å². The topological polar surface area (TPSA) is 76.7 Å². The van der Waals surface area contributed by atoms with Crippen molar-refractivity contribution in [3.05, 3.63) is 95.6 Å². The van der Waals surface area contributed by atoms with Crippen LogP contribution in [0.25, 0.3) is 0 Å². The Hall–Kier alpha value is -3.80. The molecule has 0 heterocycles. The first-order chi connectivity index (χ1) is 14.7. The number of ether oxygens (including phenoxy) is 2. The average molecular weight is 404 g/mol. The summed E-state index contributed by atoms with van der Waals surface area (Å²) in [6.45, 7) is 2.19. The molecule has 6 nitrogen and oxygen atoms in total. The normalized spacial score (nSPS) is 10.2. The third-order valence-corrected chi connectivity index (χ3v) is 4.39. The van der Waals surface area contributed by atoms with E-state index in [1.807, 2.05) is 54.6 Å². The number of hydrogen-bond acceptors (Lipinski definition) is 4. The zero-order valence-electron chi connectivity index (χ0n) is 16.8. The van der Waals surface area contributed by atoms with Gasteiger partial charge in [-0.2, -0.15) is 0 Å². The second-order valence-corrected chi connectivity index (χ2v) is 6.56. The Kier molecular flexibility index (Phi) is 7.44. The van der Waals surface area contributed by atoms with E-state index in [2.05, 4.69) is 17.8 Å². The van der Waals surface area contributed by atoms with Crippen molar-refractivity contribution >= 4 is 11.8 Å². The summed E-state index contributed by atoms with van der Waals surface area (Å²) in [5.74, 6) is 0.0820. The lowest BCUT2D eigenvalue weighted by molar-refractivity contribution is -0.123. The van der Waals surface area contributed by atoms with Crippen LogP contribution in [0.3, 0.4) is 0 Å². The van der Waals surface area contributed by atoms with Gasteiger partial charge in [0.1, 0.15) is 18.1 Å². The van der Waals surface area contributed by atoms with E-state index in [9.17, 15) is 9.59 Å². The smallest absolute Gasteiger partial charge is 0.276 e. The number of rotatable bonds is 8. The Morgan fingerprint density at radius 2 is 1.47 bits per heavy atom. The zero-order valence-corrected chi connectivity index (χ0v) is 16.8. The highest BCUT2D eigenvalue weighted by atomic mass is 16.5. The van der Waals surface area contributed by atoms with Gasteiger partial charge >= 0.3 is 0 Å². The predicted molar refractivity (Wildman–Crippen MR) is 114 cm³/mol. The molecule has 3 aromatic rings. The van der Waals surface area contributed by atoms with Crippen molar-refractivity contribution in [3.63, 3.8) is 0 Å². The molecule has 0 saturated carbocycles. The Morgan fingerprint density at radius 1 is 0.767 bits per heavy atom. The van der Waals surface area contributed by atoms with E-state index in [0.717, 1.165) is 12.0 Å². The summed E-state index contributed by atoms with van der Waals surface area (Å²) in [5, 5.41) is 0. The lowest BCUT2D eigenvalue weighted by Crippen LogP contribution is -2.43. The summed E-state index contributed by atoms with van der Waals surface area (Å²) in [6.07, 6.45) is 0.934. The van der Waals surface area contributed by atoms with Gasteiger partial charge in [0.25, 0.3) is 11.8 Å². The molecule has 3 aromatic carbocycles. The molecule has 0 atom stereocenters. The average Bonchev–Trinajstić information content (AvgIpc) is 2.81. The molecule has 6 heteroatoms. The van der Waals surface area contributed by atoms with Crippen LogP contribution in [0.5, 0.6) is 11.5 Å². The van der Waals surface area contributed by atoms with Crippen molar-refractivity contribution < 1.29 is 19.1 Å². The summed E-state index contributed by atoms with van der Waals surface area (Å²) in [6, 6.07) is 24.0. The second kappa shape index (κ2) is 10.7. The van der Waals surface area contributed by atoms with Crippen LogP contribution in [0.15, 0.2) is 78.9 Å². The lowest BCUT2D eigenvalue weighted by Gasteiger charge is -2.13. The third-order valence-electron chi connectivity index (χ3n) is 4.39. The minimum absolute atomic E-state index is 0.210. The molecule has 0 bridgehead atoms. The number of amides is 2. The van der Waals surface area contributed by atoms with E-state index in [1.165, 1.54) is 5.56 Å². The largest absolute Gasteiger partial charge is 0.488 e. The van der Waals surface area contributed by atoms with E-state index in [-0.39, 0.29) is 6.61 Å². The lowest BCUT2D eigenvalue weighted by atomic mass is 10.2. The monoisotopic (exact) mass is 404 g/mol. The highest BCUT2D eigenvalue weighted by molar-refractivity contribution is 5.97. The number of carbonyl (C=O) groups excluding carboxylic acids is 2. The molecule has 3 rings (SSSR count). The van der Waals surface area contributed by atoms with Crippen molar-refractivity contribution in [2.75, 3.05) is 6.61 Å². The van der Waals surface area contributed by atoms with Crippen molar-refractivity contribution in [2.24, 2.45) is 0 Å². The van der Waals surface area contributed by atoms with Crippen LogP contribution in [0.4, 0.5) is 0 Å². The minimum Gasteiger partial charge on any atom is -0.488 e. The van der Waals surface area contributed by atoms with Gasteiger partial charge in [0.05, 0.1) is 5.56 Å². The molecule has 0 aliphatic carbocycles. The molecular formula is C24H24N2O4. The van der Waals surface area contributed by atoms with Crippen LogP contribution in [0.2, 0.25) is 0 Å². The first kappa shape index (κ1) is 20.9. The van der Waals surface area contributed by atoms with Gasteiger partial charge in [-0.05, 0) is 41.8 Å². The summed E-state index contributed by atoms with van der Waals surface area (Å²) in [7, 11) is 0. The molecule has 30 heavy (non-hydrogen) atoms. The Balaban J connectivity index is 1.49. The maximum absolute atomic E-state index is 12.5. The summed E-state index contributed by atoms with van der Waals surface area (Å²) >= 11 is 0. The third kappa shape index (κ3) is 6.10. The Bertz CT molecular complexity index is 972. The maximum Gasteiger partial charge on any atom is 0.276 e. The molecule has 0 spiro atoms. The number of para-hydroxylation sites is 1. The van der Waals surface area contributed by atoms with E-state index >= 15 is 0 Å². The molecule has 0 aromatic heterocycles. The molecule has 0 aliphatic heterocycles. The van der Waals surface area contributed by atoms with E-state index < -0.39 is 11.8 Å². The molecular weight excluding hydrogens is 380 g/mol. The van der Waals surface area contributed by atoms with Crippen molar-refractivity contribution in [3.8, 4) is 11.5 Å². The number of nitrogens with one attached hydrogen (secondary N) is 2. The van der Waals surface area contributed by atoms with E-state index in [4.69, 9.17) is 9.47 Å². The molecule has 2 amide bonds. The summed E-state index contributed by atoms with van der Waals surface area (Å²) < 4.78 is 11.2. The predicted octanol–water partition coefficient (Wildman–Crippen LogP) is 3.67. The van der Waals surface area contributed by atoms with Gasteiger partial charge in [-0.1, -0.05) is 61.5 Å². The van der Waals surface area contributed by atoms with Crippen LogP contribution in [0, 0.1) is 0 Å². The van der Waals surface area contributed by atoms with Gasteiger partial charge < -0.3 is 9.47 Å². The molecule has 0 radical (unpaired) electrons. The van der Waals surface area contributed by atoms with Crippen LogP contribution in [-0.2, 0) is 17.8 Å². The first-order valence-corrected chi connectivity index (χ1v) is 9.72. The van der Waals surface area contributed by atoms with Gasteiger partial charge in [0.15, 0.2) is 6.61 Å². The molecule has 2 N–H and O–H groups in total. The number of aryl methyl sites for hydroxylation is 1.